The SMILES string of the molecule is NC1CCCC1Nc1ncc([N+](=O)[O-])cn1. The predicted molar refractivity (Wildman–Crippen MR) is 57.9 cm³/mol. The molecular weight excluding hydrogens is 210 g/mol. The highest BCUT2D eigenvalue weighted by molar-refractivity contribution is 5.32. The molecule has 1 aliphatic carbocycles. The van der Waals surface area contributed by atoms with Gasteiger partial charge in [-0.15, -0.1) is 0 Å². The lowest BCUT2D eigenvalue weighted by atomic mass is 10.2. The molecular formula is C9H13N5O2. The van der Waals surface area contributed by atoms with Crippen molar-refractivity contribution in [2.45, 2.75) is 31.3 Å². The van der Waals surface area contributed by atoms with Crippen LogP contribution >= 0.6 is 0 Å². The van der Waals surface area contributed by atoms with E-state index in [1.807, 2.05) is 0 Å². The van der Waals surface area contributed by atoms with Crippen LogP contribution in [0.15, 0.2) is 12.4 Å². The van der Waals surface area contributed by atoms with Gasteiger partial charge in [0.2, 0.25) is 5.95 Å². The van der Waals surface area contributed by atoms with Crippen LogP contribution in [0.2, 0.25) is 0 Å². The summed E-state index contributed by atoms with van der Waals surface area (Å²) in [6.45, 7) is 0. The van der Waals surface area contributed by atoms with Crippen molar-refractivity contribution in [1.82, 2.24) is 9.97 Å². The van der Waals surface area contributed by atoms with E-state index >= 15 is 0 Å². The Kier molecular flexibility index (Phi) is 2.95. The minimum atomic E-state index is -0.523. The van der Waals surface area contributed by atoms with Crippen LogP contribution < -0.4 is 11.1 Å². The molecule has 1 aliphatic rings. The highest BCUT2D eigenvalue weighted by Gasteiger charge is 2.24. The molecule has 2 atom stereocenters. The van der Waals surface area contributed by atoms with Crippen LogP contribution in [0.25, 0.3) is 0 Å². The summed E-state index contributed by atoms with van der Waals surface area (Å²) in [4.78, 5) is 17.6. The summed E-state index contributed by atoms with van der Waals surface area (Å²) in [5.74, 6) is 0.396. The first-order chi connectivity index (χ1) is 7.66. The Labute approximate surface area is 92.2 Å². The van der Waals surface area contributed by atoms with Crippen LogP contribution in [0.1, 0.15) is 19.3 Å². The van der Waals surface area contributed by atoms with Gasteiger partial charge < -0.3 is 11.1 Å². The second-order valence-electron chi connectivity index (χ2n) is 3.87. The van der Waals surface area contributed by atoms with Crippen molar-refractivity contribution in [3.63, 3.8) is 0 Å². The van der Waals surface area contributed by atoms with Gasteiger partial charge in [0, 0.05) is 12.1 Å². The molecule has 0 aromatic carbocycles. The molecule has 7 heteroatoms. The summed E-state index contributed by atoms with van der Waals surface area (Å²) >= 11 is 0. The Balaban J connectivity index is 2.02. The lowest BCUT2D eigenvalue weighted by Gasteiger charge is -2.16. The smallest absolute Gasteiger partial charge is 0.305 e. The molecule has 3 N–H and O–H groups in total. The van der Waals surface area contributed by atoms with Crippen molar-refractivity contribution in [3.8, 4) is 0 Å². The lowest BCUT2D eigenvalue weighted by molar-refractivity contribution is -0.385. The van der Waals surface area contributed by atoms with Crippen molar-refractivity contribution in [3.05, 3.63) is 22.5 Å². The minimum Gasteiger partial charge on any atom is -0.350 e. The summed E-state index contributed by atoms with van der Waals surface area (Å²) in [5.41, 5.74) is 5.77. The third-order valence-electron chi connectivity index (χ3n) is 2.73. The second-order valence-corrected chi connectivity index (χ2v) is 3.87. The normalized spacial score (nSPS) is 24.3. The van der Waals surface area contributed by atoms with Gasteiger partial charge in [-0.25, -0.2) is 9.97 Å². The van der Waals surface area contributed by atoms with Gasteiger partial charge in [0.15, 0.2) is 0 Å². The second kappa shape index (κ2) is 4.40. The molecule has 2 unspecified atom stereocenters. The molecule has 16 heavy (non-hydrogen) atoms. The van der Waals surface area contributed by atoms with Crippen LogP contribution in [-0.4, -0.2) is 27.0 Å². The molecule has 1 saturated carbocycles. The van der Waals surface area contributed by atoms with Crippen LogP contribution in [0.4, 0.5) is 11.6 Å². The van der Waals surface area contributed by atoms with Crippen molar-refractivity contribution in [2.24, 2.45) is 5.73 Å². The maximum absolute atomic E-state index is 10.4. The molecule has 0 spiro atoms. The van der Waals surface area contributed by atoms with Gasteiger partial charge in [-0.1, -0.05) is 0 Å². The Morgan fingerprint density at radius 3 is 2.62 bits per heavy atom. The average molecular weight is 223 g/mol. The first kappa shape index (κ1) is 10.7. The van der Waals surface area contributed by atoms with E-state index in [1.54, 1.807) is 0 Å². The summed E-state index contributed by atoms with van der Waals surface area (Å²) in [5, 5.41) is 13.5. The summed E-state index contributed by atoms with van der Waals surface area (Å²) in [7, 11) is 0. The van der Waals surface area contributed by atoms with Gasteiger partial charge >= 0.3 is 5.69 Å². The lowest BCUT2D eigenvalue weighted by Crippen LogP contribution is -2.35. The summed E-state index contributed by atoms with van der Waals surface area (Å²) in [6.07, 6.45) is 5.45. The van der Waals surface area contributed by atoms with E-state index in [0.29, 0.717) is 5.95 Å². The Bertz CT molecular complexity index is 380. The molecule has 1 fully saturated rings. The molecule has 0 radical (unpaired) electrons. The van der Waals surface area contributed by atoms with Gasteiger partial charge in [-0.3, -0.25) is 10.1 Å². The van der Waals surface area contributed by atoms with Gasteiger partial charge in [0.1, 0.15) is 12.4 Å². The van der Waals surface area contributed by atoms with E-state index in [2.05, 4.69) is 15.3 Å². The Morgan fingerprint density at radius 1 is 1.44 bits per heavy atom. The largest absolute Gasteiger partial charge is 0.350 e. The average Bonchev–Trinajstić information content (AvgIpc) is 2.65. The van der Waals surface area contributed by atoms with Crippen LogP contribution in [-0.2, 0) is 0 Å². The van der Waals surface area contributed by atoms with Crippen LogP contribution in [0.5, 0.6) is 0 Å². The van der Waals surface area contributed by atoms with Crippen molar-refractivity contribution in [2.75, 3.05) is 5.32 Å². The van der Waals surface area contributed by atoms with E-state index in [0.717, 1.165) is 19.3 Å². The molecule has 0 bridgehead atoms. The van der Waals surface area contributed by atoms with E-state index < -0.39 is 4.92 Å². The number of nitro groups is 1. The third-order valence-corrected chi connectivity index (χ3v) is 2.73. The Morgan fingerprint density at radius 2 is 2.12 bits per heavy atom. The highest BCUT2D eigenvalue weighted by Crippen LogP contribution is 2.20. The molecule has 1 aromatic rings. The molecule has 2 rings (SSSR count). The quantitative estimate of drug-likeness (QED) is 0.576. The molecule has 0 amide bonds. The highest BCUT2D eigenvalue weighted by atomic mass is 16.6. The van der Waals surface area contributed by atoms with Gasteiger partial charge in [0.25, 0.3) is 0 Å². The predicted octanol–water partition coefficient (Wildman–Crippen LogP) is 0.676. The molecule has 7 nitrogen and oxygen atoms in total. The van der Waals surface area contributed by atoms with E-state index in [4.69, 9.17) is 5.73 Å². The van der Waals surface area contributed by atoms with Gasteiger partial charge in [0.05, 0.1) is 4.92 Å². The number of rotatable bonds is 3. The fraction of sp³-hybridized carbons (Fsp3) is 0.556. The topological polar surface area (TPSA) is 107 Å². The fourth-order valence-corrected chi connectivity index (χ4v) is 1.82. The van der Waals surface area contributed by atoms with E-state index in [-0.39, 0.29) is 17.8 Å². The zero-order valence-corrected chi connectivity index (χ0v) is 8.67. The molecule has 1 aromatic heterocycles. The number of hydrogen-bond donors (Lipinski definition) is 2. The minimum absolute atomic E-state index is 0.110. The summed E-state index contributed by atoms with van der Waals surface area (Å²) < 4.78 is 0. The number of anilines is 1. The van der Waals surface area contributed by atoms with Crippen molar-refractivity contribution in [1.29, 1.82) is 0 Å². The van der Waals surface area contributed by atoms with Gasteiger partial charge in [-0.05, 0) is 19.3 Å². The zero-order valence-electron chi connectivity index (χ0n) is 8.67. The van der Waals surface area contributed by atoms with Crippen LogP contribution in [0, 0.1) is 10.1 Å². The number of nitrogens with zero attached hydrogens (tertiary/aromatic N) is 3. The third kappa shape index (κ3) is 2.25. The van der Waals surface area contributed by atoms with E-state index in [1.165, 1.54) is 12.4 Å². The Hall–Kier alpha value is -1.76. The number of nitrogens with two attached hydrogens (primary N) is 1. The molecule has 0 saturated heterocycles. The van der Waals surface area contributed by atoms with Crippen molar-refractivity contribution < 1.29 is 4.92 Å². The maximum Gasteiger partial charge on any atom is 0.305 e. The monoisotopic (exact) mass is 223 g/mol. The molecule has 0 aliphatic heterocycles. The van der Waals surface area contributed by atoms with Gasteiger partial charge in [-0.2, -0.15) is 0 Å². The van der Waals surface area contributed by atoms with Crippen LogP contribution in [0.3, 0.4) is 0 Å². The number of aromatic nitrogens is 2. The first-order valence-electron chi connectivity index (χ1n) is 5.15. The molecule has 1 heterocycles. The maximum atomic E-state index is 10.4. The number of nitrogens with one attached hydrogen (secondary N) is 1. The van der Waals surface area contributed by atoms with E-state index in [9.17, 15) is 10.1 Å². The summed E-state index contributed by atoms with van der Waals surface area (Å²) in [6, 6.07) is 0.278. The van der Waals surface area contributed by atoms with Crippen molar-refractivity contribution >= 4 is 11.6 Å². The zero-order chi connectivity index (χ0) is 11.5. The molecule has 86 valence electrons. The number of hydrogen-bond acceptors (Lipinski definition) is 6. The fourth-order valence-electron chi connectivity index (χ4n) is 1.82. The standard InChI is InChI=1S/C9H13N5O2/c10-7-2-1-3-8(7)13-9-11-4-6(5-12-9)14(15)16/h4-5,7-8H,1-3,10H2,(H,11,12,13). The first-order valence-corrected chi connectivity index (χ1v) is 5.15.